The first kappa shape index (κ1) is 15.2. The number of hydrogen-bond acceptors (Lipinski definition) is 5. The number of carbonyl (C=O) groups excluding carboxylic acids is 1. The van der Waals surface area contributed by atoms with Crippen molar-refractivity contribution in [3.8, 4) is 5.69 Å². The smallest absolute Gasteiger partial charge is 0.234 e. The average Bonchev–Trinajstić information content (AvgIpc) is 3.04. The molecule has 116 valence electrons. The van der Waals surface area contributed by atoms with Crippen molar-refractivity contribution in [2.45, 2.75) is 12.1 Å². The molecule has 0 bridgehead atoms. The molecule has 0 aliphatic rings. The number of nitrogens with one attached hydrogen (secondary N) is 1. The van der Waals surface area contributed by atoms with E-state index in [4.69, 9.17) is 0 Å². The van der Waals surface area contributed by atoms with Gasteiger partial charge >= 0.3 is 0 Å². The summed E-state index contributed by atoms with van der Waals surface area (Å²) in [4.78, 5) is 12.1. The van der Waals surface area contributed by atoms with Crippen LogP contribution in [-0.4, -0.2) is 31.9 Å². The van der Waals surface area contributed by atoms with Crippen molar-refractivity contribution >= 4 is 23.4 Å². The van der Waals surface area contributed by atoms with E-state index in [1.165, 1.54) is 11.8 Å². The van der Waals surface area contributed by atoms with E-state index in [1.54, 1.807) is 4.68 Å². The van der Waals surface area contributed by atoms with Crippen LogP contribution in [0.3, 0.4) is 0 Å². The first-order chi connectivity index (χ1) is 11.2. The molecule has 0 saturated heterocycles. The van der Waals surface area contributed by atoms with Gasteiger partial charge in [0.25, 0.3) is 0 Å². The van der Waals surface area contributed by atoms with Crippen LogP contribution in [0.15, 0.2) is 59.8 Å². The topological polar surface area (TPSA) is 72.7 Å². The predicted molar refractivity (Wildman–Crippen MR) is 89.7 cm³/mol. The summed E-state index contributed by atoms with van der Waals surface area (Å²) in [5.74, 6) is 0.147. The number of hydrogen-bond donors (Lipinski definition) is 1. The first-order valence-electron chi connectivity index (χ1n) is 7.06. The van der Waals surface area contributed by atoms with E-state index in [0.29, 0.717) is 5.16 Å². The summed E-state index contributed by atoms with van der Waals surface area (Å²) in [7, 11) is 0. The number of amides is 1. The van der Waals surface area contributed by atoms with Crippen molar-refractivity contribution in [3.63, 3.8) is 0 Å². The van der Waals surface area contributed by atoms with Crippen molar-refractivity contribution in [2.75, 3.05) is 11.1 Å². The van der Waals surface area contributed by atoms with Gasteiger partial charge in [-0.2, -0.15) is 4.68 Å². The van der Waals surface area contributed by atoms with E-state index in [-0.39, 0.29) is 11.7 Å². The molecule has 0 unspecified atom stereocenters. The second-order valence-electron chi connectivity index (χ2n) is 4.86. The standard InChI is InChI=1S/C16H15N5OS/c1-12-7-5-6-10-14(12)17-15(22)11-23-16-18-19-20-21(16)13-8-3-2-4-9-13/h2-10H,11H2,1H3,(H,17,22). The van der Waals surface area contributed by atoms with Crippen LogP contribution in [0, 0.1) is 6.92 Å². The van der Waals surface area contributed by atoms with Crippen LogP contribution in [0.2, 0.25) is 0 Å². The largest absolute Gasteiger partial charge is 0.325 e. The fraction of sp³-hybridized carbons (Fsp3) is 0.125. The van der Waals surface area contributed by atoms with Gasteiger partial charge in [0, 0.05) is 5.69 Å². The molecule has 0 fully saturated rings. The third kappa shape index (κ3) is 3.75. The van der Waals surface area contributed by atoms with Crippen molar-refractivity contribution < 1.29 is 4.79 Å². The number of nitrogens with zero attached hydrogens (tertiary/aromatic N) is 4. The SMILES string of the molecule is Cc1ccccc1NC(=O)CSc1nnnn1-c1ccccc1. The molecule has 3 aromatic rings. The fourth-order valence-corrected chi connectivity index (χ4v) is 2.72. The molecule has 0 aliphatic carbocycles. The van der Waals surface area contributed by atoms with E-state index in [9.17, 15) is 4.79 Å². The number of aromatic nitrogens is 4. The highest BCUT2D eigenvalue weighted by Gasteiger charge is 2.11. The number of aryl methyl sites for hydroxylation is 1. The Morgan fingerprint density at radius 1 is 1.13 bits per heavy atom. The second kappa shape index (κ2) is 7.06. The molecular weight excluding hydrogens is 310 g/mol. The molecule has 7 heteroatoms. The van der Waals surface area contributed by atoms with Crippen LogP contribution < -0.4 is 5.32 Å². The molecule has 3 rings (SSSR count). The number of carbonyl (C=O) groups is 1. The van der Waals surface area contributed by atoms with Crippen molar-refractivity contribution in [3.05, 3.63) is 60.2 Å². The highest BCUT2D eigenvalue weighted by Crippen LogP contribution is 2.19. The van der Waals surface area contributed by atoms with E-state index in [1.807, 2.05) is 61.5 Å². The van der Waals surface area contributed by atoms with E-state index >= 15 is 0 Å². The Morgan fingerprint density at radius 2 is 1.87 bits per heavy atom. The minimum absolute atomic E-state index is 0.0908. The summed E-state index contributed by atoms with van der Waals surface area (Å²) >= 11 is 1.30. The number of thioether (sulfide) groups is 1. The molecule has 0 radical (unpaired) electrons. The van der Waals surface area contributed by atoms with Gasteiger partial charge in [-0.05, 0) is 41.1 Å². The zero-order chi connectivity index (χ0) is 16.1. The van der Waals surface area contributed by atoms with Crippen LogP contribution in [0.1, 0.15) is 5.56 Å². The van der Waals surface area contributed by atoms with Gasteiger partial charge in [-0.25, -0.2) is 0 Å². The van der Waals surface area contributed by atoms with Gasteiger partial charge in [-0.3, -0.25) is 4.79 Å². The summed E-state index contributed by atoms with van der Waals surface area (Å²) in [5, 5.41) is 15.1. The van der Waals surface area contributed by atoms with Crippen LogP contribution in [0.4, 0.5) is 5.69 Å². The maximum atomic E-state index is 12.1. The first-order valence-corrected chi connectivity index (χ1v) is 8.04. The van der Waals surface area contributed by atoms with Gasteiger partial charge in [0.05, 0.1) is 11.4 Å². The Labute approximate surface area is 137 Å². The normalized spacial score (nSPS) is 10.5. The Balaban J connectivity index is 1.64. The maximum Gasteiger partial charge on any atom is 0.234 e. The predicted octanol–water partition coefficient (Wildman–Crippen LogP) is 2.70. The van der Waals surface area contributed by atoms with E-state index in [2.05, 4.69) is 20.8 Å². The van der Waals surface area contributed by atoms with Crippen LogP contribution >= 0.6 is 11.8 Å². The van der Waals surface area contributed by atoms with Gasteiger partial charge in [0.15, 0.2) is 0 Å². The lowest BCUT2D eigenvalue weighted by molar-refractivity contribution is -0.113. The monoisotopic (exact) mass is 325 g/mol. The molecule has 1 N–H and O–H groups in total. The number of rotatable bonds is 5. The number of para-hydroxylation sites is 2. The lowest BCUT2D eigenvalue weighted by Crippen LogP contribution is -2.15. The third-order valence-corrected chi connectivity index (χ3v) is 4.11. The maximum absolute atomic E-state index is 12.1. The Hall–Kier alpha value is -2.67. The van der Waals surface area contributed by atoms with Gasteiger partial charge in [-0.15, -0.1) is 5.10 Å². The zero-order valence-corrected chi connectivity index (χ0v) is 13.3. The number of anilines is 1. The summed E-state index contributed by atoms with van der Waals surface area (Å²) in [5.41, 5.74) is 2.71. The highest BCUT2D eigenvalue weighted by atomic mass is 32.2. The molecule has 0 aliphatic heterocycles. The fourth-order valence-electron chi connectivity index (χ4n) is 2.03. The van der Waals surface area contributed by atoms with Crippen molar-refractivity contribution in [1.82, 2.24) is 20.2 Å². The van der Waals surface area contributed by atoms with Gasteiger partial charge < -0.3 is 5.32 Å². The Kier molecular flexibility index (Phi) is 4.68. The summed E-state index contributed by atoms with van der Waals surface area (Å²) in [6.07, 6.45) is 0. The molecule has 1 aromatic heterocycles. The van der Waals surface area contributed by atoms with Crippen molar-refractivity contribution in [1.29, 1.82) is 0 Å². The van der Waals surface area contributed by atoms with Crippen LogP contribution in [0.5, 0.6) is 0 Å². The summed E-state index contributed by atoms with van der Waals surface area (Å²) in [6, 6.07) is 17.2. The molecule has 6 nitrogen and oxygen atoms in total. The van der Waals surface area contributed by atoms with Crippen molar-refractivity contribution in [2.24, 2.45) is 0 Å². The quantitative estimate of drug-likeness (QED) is 0.730. The lowest BCUT2D eigenvalue weighted by atomic mass is 10.2. The minimum atomic E-state index is -0.0908. The Bertz CT molecular complexity index is 803. The summed E-state index contributed by atoms with van der Waals surface area (Å²) < 4.78 is 1.62. The lowest BCUT2D eigenvalue weighted by Gasteiger charge is -2.07. The minimum Gasteiger partial charge on any atom is -0.325 e. The number of benzene rings is 2. The van der Waals surface area contributed by atoms with E-state index < -0.39 is 0 Å². The van der Waals surface area contributed by atoms with Gasteiger partial charge in [0.2, 0.25) is 11.1 Å². The molecule has 2 aromatic carbocycles. The van der Waals surface area contributed by atoms with E-state index in [0.717, 1.165) is 16.9 Å². The molecule has 0 saturated carbocycles. The third-order valence-electron chi connectivity index (χ3n) is 3.19. The molecule has 1 amide bonds. The number of tetrazole rings is 1. The van der Waals surface area contributed by atoms with Crippen LogP contribution in [0.25, 0.3) is 5.69 Å². The molecule has 1 heterocycles. The highest BCUT2D eigenvalue weighted by molar-refractivity contribution is 7.99. The zero-order valence-electron chi connectivity index (χ0n) is 12.5. The second-order valence-corrected chi connectivity index (χ2v) is 5.80. The van der Waals surface area contributed by atoms with Gasteiger partial charge in [-0.1, -0.05) is 48.2 Å². The molecule has 0 spiro atoms. The molecule has 0 atom stereocenters. The van der Waals surface area contributed by atoms with Crippen LogP contribution in [-0.2, 0) is 4.79 Å². The Morgan fingerprint density at radius 3 is 2.65 bits per heavy atom. The molecule has 23 heavy (non-hydrogen) atoms. The summed E-state index contributed by atoms with van der Waals surface area (Å²) in [6.45, 7) is 1.96. The molecular formula is C16H15N5OS. The average molecular weight is 325 g/mol. The van der Waals surface area contributed by atoms with Gasteiger partial charge in [0.1, 0.15) is 0 Å².